The zero-order valence-electron chi connectivity index (χ0n) is 16.9. The SMILES string of the molecule is COc1cccc(C[C@H]2[C@H]3C[C@H](CN(c4nnc(C)s4)C3)[C@@H]3CCCCN32)c1. The van der Waals surface area contributed by atoms with Crippen LogP contribution in [0.3, 0.4) is 0 Å². The summed E-state index contributed by atoms with van der Waals surface area (Å²) in [7, 11) is 1.76. The number of methoxy groups -OCH3 is 1. The number of fused-ring (bicyclic) bond motifs is 4. The maximum Gasteiger partial charge on any atom is 0.208 e. The van der Waals surface area contributed by atoms with Crippen LogP contribution in [0.15, 0.2) is 24.3 Å². The third kappa shape index (κ3) is 3.41. The van der Waals surface area contributed by atoms with Gasteiger partial charge in [0.1, 0.15) is 10.8 Å². The smallest absolute Gasteiger partial charge is 0.208 e. The molecular weight excluding hydrogens is 368 g/mol. The second-order valence-corrected chi connectivity index (χ2v) is 9.85. The molecule has 5 rings (SSSR count). The van der Waals surface area contributed by atoms with Crippen molar-refractivity contribution in [2.75, 3.05) is 31.6 Å². The molecule has 4 atom stereocenters. The fraction of sp³-hybridized carbons (Fsp3) is 0.636. The van der Waals surface area contributed by atoms with Crippen LogP contribution in [0.5, 0.6) is 5.75 Å². The first kappa shape index (κ1) is 18.4. The molecule has 0 unspecified atom stereocenters. The third-order valence-electron chi connectivity index (χ3n) is 6.99. The normalized spacial score (nSPS) is 30.1. The Labute approximate surface area is 171 Å². The van der Waals surface area contributed by atoms with Gasteiger partial charge in [0.05, 0.1) is 7.11 Å². The summed E-state index contributed by atoms with van der Waals surface area (Å²) < 4.78 is 5.47. The van der Waals surface area contributed by atoms with Gasteiger partial charge in [0, 0.05) is 25.2 Å². The minimum absolute atomic E-state index is 0.616. The molecule has 2 bridgehead atoms. The maximum absolute atomic E-state index is 5.47. The Balaban J connectivity index is 1.42. The van der Waals surface area contributed by atoms with Gasteiger partial charge in [-0.15, -0.1) is 10.2 Å². The maximum atomic E-state index is 5.47. The van der Waals surface area contributed by atoms with Crippen molar-refractivity contribution in [3.8, 4) is 5.75 Å². The van der Waals surface area contributed by atoms with Crippen LogP contribution in [0.25, 0.3) is 0 Å². The second-order valence-electron chi connectivity index (χ2n) is 8.69. The molecule has 28 heavy (non-hydrogen) atoms. The highest BCUT2D eigenvalue weighted by atomic mass is 32.1. The topological polar surface area (TPSA) is 41.5 Å². The van der Waals surface area contributed by atoms with Gasteiger partial charge in [0.25, 0.3) is 0 Å². The lowest BCUT2D eigenvalue weighted by atomic mass is 9.71. The highest BCUT2D eigenvalue weighted by molar-refractivity contribution is 7.15. The zero-order chi connectivity index (χ0) is 19.1. The van der Waals surface area contributed by atoms with E-state index in [1.54, 1.807) is 18.4 Å². The molecule has 1 aromatic heterocycles. The average Bonchev–Trinajstić information content (AvgIpc) is 3.17. The fourth-order valence-corrected chi connectivity index (χ4v) is 6.51. The number of nitrogens with zero attached hydrogens (tertiary/aromatic N) is 4. The number of hydrogen-bond acceptors (Lipinski definition) is 6. The summed E-state index contributed by atoms with van der Waals surface area (Å²) in [5.41, 5.74) is 1.40. The van der Waals surface area contributed by atoms with Crippen molar-refractivity contribution in [1.29, 1.82) is 0 Å². The van der Waals surface area contributed by atoms with Crippen LogP contribution >= 0.6 is 11.3 Å². The van der Waals surface area contributed by atoms with E-state index in [1.165, 1.54) is 37.8 Å². The largest absolute Gasteiger partial charge is 0.497 e. The first-order valence-corrected chi connectivity index (χ1v) is 11.5. The summed E-state index contributed by atoms with van der Waals surface area (Å²) >= 11 is 1.75. The molecule has 1 aromatic carbocycles. The van der Waals surface area contributed by atoms with Gasteiger partial charge in [-0.05, 0) is 68.7 Å². The molecular formula is C22H30N4OS. The van der Waals surface area contributed by atoms with Crippen LogP contribution in [0, 0.1) is 18.8 Å². The summed E-state index contributed by atoms with van der Waals surface area (Å²) in [5.74, 6) is 2.43. The number of piperidine rings is 3. The minimum atomic E-state index is 0.616. The third-order valence-corrected chi connectivity index (χ3v) is 7.89. The number of anilines is 1. The van der Waals surface area contributed by atoms with Gasteiger partial charge in [-0.2, -0.15) is 0 Å². The molecule has 0 amide bonds. The highest BCUT2D eigenvalue weighted by Crippen LogP contribution is 2.43. The van der Waals surface area contributed by atoms with E-state index < -0.39 is 0 Å². The number of aryl methyl sites for hydroxylation is 1. The Hall–Kier alpha value is -1.66. The Morgan fingerprint density at radius 2 is 2.07 bits per heavy atom. The molecule has 3 fully saturated rings. The molecule has 3 saturated heterocycles. The molecule has 0 radical (unpaired) electrons. The van der Waals surface area contributed by atoms with E-state index in [-0.39, 0.29) is 0 Å². The van der Waals surface area contributed by atoms with Crippen molar-refractivity contribution in [2.24, 2.45) is 11.8 Å². The molecule has 5 nitrogen and oxygen atoms in total. The van der Waals surface area contributed by atoms with Gasteiger partial charge in [-0.1, -0.05) is 29.9 Å². The number of ether oxygens (including phenoxy) is 1. The highest BCUT2D eigenvalue weighted by Gasteiger charge is 2.47. The molecule has 0 saturated carbocycles. The van der Waals surface area contributed by atoms with Crippen LogP contribution < -0.4 is 9.64 Å². The van der Waals surface area contributed by atoms with E-state index in [2.05, 4.69) is 45.1 Å². The van der Waals surface area contributed by atoms with E-state index in [4.69, 9.17) is 4.74 Å². The summed E-state index contributed by atoms with van der Waals surface area (Å²) in [5, 5.41) is 10.9. The van der Waals surface area contributed by atoms with Crippen LogP contribution in [-0.2, 0) is 6.42 Å². The van der Waals surface area contributed by atoms with Crippen molar-refractivity contribution in [1.82, 2.24) is 15.1 Å². The fourth-order valence-electron chi connectivity index (χ4n) is 5.80. The molecule has 150 valence electrons. The molecule has 3 aliphatic rings. The average molecular weight is 399 g/mol. The lowest BCUT2D eigenvalue weighted by Gasteiger charge is -2.57. The molecule has 2 aromatic rings. The predicted octanol–water partition coefficient (Wildman–Crippen LogP) is 3.78. The molecule has 0 aliphatic carbocycles. The van der Waals surface area contributed by atoms with Gasteiger partial charge in [-0.25, -0.2) is 0 Å². The molecule has 6 heteroatoms. The summed E-state index contributed by atoms with van der Waals surface area (Å²) in [6, 6.07) is 10.0. The van der Waals surface area contributed by atoms with Crippen molar-refractivity contribution < 1.29 is 4.74 Å². The van der Waals surface area contributed by atoms with Gasteiger partial charge >= 0.3 is 0 Å². The monoisotopic (exact) mass is 398 g/mol. The lowest BCUT2D eigenvalue weighted by Crippen LogP contribution is -2.64. The van der Waals surface area contributed by atoms with E-state index >= 15 is 0 Å². The Morgan fingerprint density at radius 3 is 2.89 bits per heavy atom. The van der Waals surface area contributed by atoms with Gasteiger partial charge in [0.2, 0.25) is 5.13 Å². The first-order valence-electron chi connectivity index (χ1n) is 10.6. The van der Waals surface area contributed by atoms with Crippen molar-refractivity contribution in [2.45, 2.75) is 51.1 Å². The molecule has 0 N–H and O–H groups in total. The molecule has 3 aliphatic heterocycles. The number of hydrogen-bond donors (Lipinski definition) is 0. The van der Waals surface area contributed by atoms with Crippen molar-refractivity contribution >= 4 is 16.5 Å². The number of aromatic nitrogens is 2. The quantitative estimate of drug-likeness (QED) is 0.784. The number of benzene rings is 1. The Kier molecular flexibility index (Phi) is 5.01. The predicted molar refractivity (Wildman–Crippen MR) is 113 cm³/mol. The van der Waals surface area contributed by atoms with E-state index in [9.17, 15) is 0 Å². The van der Waals surface area contributed by atoms with E-state index in [0.717, 1.165) is 47.4 Å². The summed E-state index contributed by atoms with van der Waals surface area (Å²) in [4.78, 5) is 5.42. The number of rotatable bonds is 4. The summed E-state index contributed by atoms with van der Waals surface area (Å²) in [6.45, 7) is 5.59. The van der Waals surface area contributed by atoms with Crippen LogP contribution in [0.1, 0.15) is 36.3 Å². The van der Waals surface area contributed by atoms with Gasteiger partial charge in [-0.3, -0.25) is 4.90 Å². The van der Waals surface area contributed by atoms with Crippen molar-refractivity contribution in [3.05, 3.63) is 34.8 Å². The Morgan fingerprint density at radius 1 is 1.18 bits per heavy atom. The zero-order valence-corrected chi connectivity index (χ0v) is 17.7. The second kappa shape index (κ2) is 7.64. The molecule has 0 spiro atoms. The van der Waals surface area contributed by atoms with Crippen molar-refractivity contribution in [3.63, 3.8) is 0 Å². The summed E-state index contributed by atoms with van der Waals surface area (Å²) in [6.07, 6.45) is 6.57. The molecule has 4 heterocycles. The standard InChI is InChI=1S/C22H30N4OS/c1-15-23-24-22(28-15)25-13-17-12-18(14-25)21(26-9-4-3-8-20(17)26)11-16-6-5-7-19(10-16)27-2/h5-7,10,17-18,20-21H,3-4,8-9,11-14H2,1-2H3/t17-,18+,20+,21+/m1/s1. The van der Waals surface area contributed by atoms with Crippen LogP contribution in [0.4, 0.5) is 5.13 Å². The lowest BCUT2D eigenvalue weighted by molar-refractivity contribution is -0.0317. The van der Waals surface area contributed by atoms with E-state index in [0.29, 0.717) is 12.0 Å². The van der Waals surface area contributed by atoms with Gasteiger partial charge < -0.3 is 9.64 Å². The Bertz CT molecular complexity index is 824. The van der Waals surface area contributed by atoms with Crippen LogP contribution in [-0.4, -0.2) is 53.9 Å². The van der Waals surface area contributed by atoms with Crippen LogP contribution in [0.2, 0.25) is 0 Å². The minimum Gasteiger partial charge on any atom is -0.497 e. The first-order chi connectivity index (χ1) is 13.7. The van der Waals surface area contributed by atoms with Gasteiger partial charge in [0.15, 0.2) is 0 Å². The van der Waals surface area contributed by atoms with E-state index in [1.807, 2.05) is 6.07 Å².